The van der Waals surface area contributed by atoms with E-state index in [-0.39, 0.29) is 5.78 Å². The summed E-state index contributed by atoms with van der Waals surface area (Å²) in [7, 11) is 1.88. The normalized spacial score (nSPS) is 9.92. The first-order valence-electron chi connectivity index (χ1n) is 4.43. The first-order valence-corrected chi connectivity index (χ1v) is 4.43. The number of carbonyl (C=O) groups excluding carboxylic acids is 1. The lowest BCUT2D eigenvalue weighted by Crippen LogP contribution is -2.10. The molecule has 1 rings (SSSR count). The highest BCUT2D eigenvalue weighted by Crippen LogP contribution is 2.00. The van der Waals surface area contributed by atoms with Gasteiger partial charge in [0.15, 0.2) is 5.78 Å². The van der Waals surface area contributed by atoms with Crippen LogP contribution in [0.25, 0.3) is 0 Å². The maximum Gasteiger partial charge on any atom is 0.181 e. The molecule has 0 aliphatic heterocycles. The van der Waals surface area contributed by atoms with Gasteiger partial charge >= 0.3 is 0 Å². The average Bonchev–Trinajstić information content (AvgIpc) is 2.19. The van der Waals surface area contributed by atoms with Gasteiger partial charge in [-0.3, -0.25) is 9.78 Å². The van der Waals surface area contributed by atoms with Crippen molar-refractivity contribution in [3.05, 3.63) is 30.1 Å². The molecule has 0 fully saturated rings. The summed E-state index contributed by atoms with van der Waals surface area (Å²) in [6.45, 7) is 0.874. The van der Waals surface area contributed by atoms with E-state index < -0.39 is 0 Å². The summed E-state index contributed by atoms with van der Waals surface area (Å²) in [5, 5.41) is 3.00. The smallest absolute Gasteiger partial charge is 0.181 e. The Morgan fingerprint density at radius 1 is 1.54 bits per heavy atom. The molecule has 0 aliphatic carbocycles. The fourth-order valence-electron chi connectivity index (χ4n) is 1.08. The molecular weight excluding hydrogens is 164 g/mol. The SMILES string of the molecule is CNCCCC(=O)c1ccccn1. The lowest BCUT2D eigenvalue weighted by molar-refractivity contribution is 0.0975. The topological polar surface area (TPSA) is 42.0 Å². The van der Waals surface area contributed by atoms with Gasteiger partial charge in [-0.1, -0.05) is 6.07 Å². The van der Waals surface area contributed by atoms with Crippen LogP contribution in [0.1, 0.15) is 23.3 Å². The van der Waals surface area contributed by atoms with Gasteiger partial charge in [-0.25, -0.2) is 0 Å². The molecule has 1 aromatic heterocycles. The van der Waals surface area contributed by atoms with E-state index in [1.165, 1.54) is 0 Å². The second kappa shape index (κ2) is 5.43. The predicted molar refractivity (Wildman–Crippen MR) is 51.7 cm³/mol. The van der Waals surface area contributed by atoms with Crippen LogP contribution < -0.4 is 5.32 Å². The largest absolute Gasteiger partial charge is 0.320 e. The molecule has 0 unspecified atom stereocenters. The fraction of sp³-hybridized carbons (Fsp3) is 0.400. The number of carbonyl (C=O) groups is 1. The lowest BCUT2D eigenvalue weighted by atomic mass is 10.1. The second-order valence-electron chi connectivity index (χ2n) is 2.85. The van der Waals surface area contributed by atoms with Gasteiger partial charge in [0, 0.05) is 12.6 Å². The molecule has 0 radical (unpaired) electrons. The molecule has 0 saturated carbocycles. The number of pyridine rings is 1. The molecule has 1 N–H and O–H groups in total. The maximum atomic E-state index is 11.4. The van der Waals surface area contributed by atoms with Crippen molar-refractivity contribution >= 4 is 5.78 Å². The quantitative estimate of drug-likeness (QED) is 0.545. The third-order valence-corrected chi connectivity index (χ3v) is 1.78. The van der Waals surface area contributed by atoms with Crippen LogP contribution in [0.3, 0.4) is 0 Å². The number of aromatic nitrogens is 1. The van der Waals surface area contributed by atoms with Crippen LogP contribution in [0.15, 0.2) is 24.4 Å². The first-order chi connectivity index (χ1) is 6.34. The molecule has 1 heterocycles. The Labute approximate surface area is 78.2 Å². The Kier molecular flexibility index (Phi) is 4.12. The number of ketones is 1. The van der Waals surface area contributed by atoms with Gasteiger partial charge in [-0.05, 0) is 32.1 Å². The molecule has 0 atom stereocenters. The molecular formula is C10H14N2O. The van der Waals surface area contributed by atoms with Gasteiger partial charge in [-0.15, -0.1) is 0 Å². The van der Waals surface area contributed by atoms with Crippen LogP contribution in [0.5, 0.6) is 0 Å². The fourth-order valence-corrected chi connectivity index (χ4v) is 1.08. The number of Topliss-reactive ketones (excluding diaryl/α,β-unsaturated/α-hetero) is 1. The minimum absolute atomic E-state index is 0.121. The molecule has 13 heavy (non-hydrogen) atoms. The third-order valence-electron chi connectivity index (χ3n) is 1.78. The van der Waals surface area contributed by atoms with Gasteiger partial charge in [0.1, 0.15) is 5.69 Å². The Balaban J connectivity index is 2.40. The summed E-state index contributed by atoms with van der Waals surface area (Å²) >= 11 is 0. The summed E-state index contributed by atoms with van der Waals surface area (Å²) in [6, 6.07) is 5.39. The molecule has 0 spiro atoms. The average molecular weight is 178 g/mol. The van der Waals surface area contributed by atoms with E-state index in [0.29, 0.717) is 12.1 Å². The van der Waals surface area contributed by atoms with Crippen LogP contribution in [-0.2, 0) is 0 Å². The van der Waals surface area contributed by atoms with Crippen molar-refractivity contribution in [2.75, 3.05) is 13.6 Å². The van der Waals surface area contributed by atoms with E-state index in [1.54, 1.807) is 12.3 Å². The van der Waals surface area contributed by atoms with Crippen molar-refractivity contribution in [3.8, 4) is 0 Å². The Morgan fingerprint density at radius 2 is 2.38 bits per heavy atom. The molecule has 0 bridgehead atoms. The summed E-state index contributed by atoms with van der Waals surface area (Å²) in [5.74, 6) is 0.121. The zero-order valence-electron chi connectivity index (χ0n) is 7.79. The Hall–Kier alpha value is -1.22. The van der Waals surface area contributed by atoms with Crippen molar-refractivity contribution in [3.63, 3.8) is 0 Å². The van der Waals surface area contributed by atoms with Crippen molar-refractivity contribution in [1.82, 2.24) is 10.3 Å². The summed E-state index contributed by atoms with van der Waals surface area (Å²) < 4.78 is 0. The van der Waals surface area contributed by atoms with Gasteiger partial charge in [0.25, 0.3) is 0 Å². The summed E-state index contributed by atoms with van der Waals surface area (Å²) in [4.78, 5) is 15.4. The van der Waals surface area contributed by atoms with Crippen molar-refractivity contribution in [2.45, 2.75) is 12.8 Å². The monoisotopic (exact) mass is 178 g/mol. The number of nitrogens with one attached hydrogen (secondary N) is 1. The Morgan fingerprint density at radius 3 is 3.00 bits per heavy atom. The summed E-state index contributed by atoms with van der Waals surface area (Å²) in [6.07, 6.45) is 3.08. The number of nitrogens with zero attached hydrogens (tertiary/aromatic N) is 1. The number of hydrogen-bond acceptors (Lipinski definition) is 3. The van der Waals surface area contributed by atoms with E-state index in [0.717, 1.165) is 13.0 Å². The highest BCUT2D eigenvalue weighted by atomic mass is 16.1. The minimum atomic E-state index is 0.121. The Bertz CT molecular complexity index is 259. The van der Waals surface area contributed by atoms with Crippen LogP contribution >= 0.6 is 0 Å². The second-order valence-corrected chi connectivity index (χ2v) is 2.85. The molecule has 70 valence electrons. The van der Waals surface area contributed by atoms with Gasteiger partial charge in [0.05, 0.1) is 0 Å². The van der Waals surface area contributed by atoms with Crippen LogP contribution in [0.4, 0.5) is 0 Å². The van der Waals surface area contributed by atoms with Crippen molar-refractivity contribution < 1.29 is 4.79 Å². The zero-order chi connectivity index (χ0) is 9.52. The van der Waals surface area contributed by atoms with Gasteiger partial charge in [0.2, 0.25) is 0 Å². The minimum Gasteiger partial charge on any atom is -0.320 e. The highest BCUT2D eigenvalue weighted by Gasteiger charge is 2.04. The summed E-state index contributed by atoms with van der Waals surface area (Å²) in [5.41, 5.74) is 0.568. The molecule has 0 aliphatic rings. The lowest BCUT2D eigenvalue weighted by Gasteiger charge is -1.99. The predicted octanol–water partition coefficient (Wildman–Crippen LogP) is 1.26. The molecule has 0 saturated heterocycles. The molecule has 1 aromatic rings. The molecule has 0 amide bonds. The van der Waals surface area contributed by atoms with E-state index in [4.69, 9.17) is 0 Å². The standard InChI is InChI=1S/C10H14N2O/c1-11-7-4-6-10(13)9-5-2-3-8-12-9/h2-3,5,8,11H,4,6-7H2,1H3. The zero-order valence-corrected chi connectivity index (χ0v) is 7.79. The molecule has 3 heteroatoms. The van der Waals surface area contributed by atoms with E-state index in [9.17, 15) is 4.79 Å². The number of rotatable bonds is 5. The van der Waals surface area contributed by atoms with E-state index >= 15 is 0 Å². The van der Waals surface area contributed by atoms with E-state index in [1.807, 2.05) is 19.2 Å². The van der Waals surface area contributed by atoms with Crippen LogP contribution in [0, 0.1) is 0 Å². The molecule has 3 nitrogen and oxygen atoms in total. The van der Waals surface area contributed by atoms with Gasteiger partial charge < -0.3 is 5.32 Å². The van der Waals surface area contributed by atoms with Crippen molar-refractivity contribution in [1.29, 1.82) is 0 Å². The van der Waals surface area contributed by atoms with Crippen LogP contribution in [-0.4, -0.2) is 24.4 Å². The molecule has 0 aromatic carbocycles. The van der Waals surface area contributed by atoms with Crippen LogP contribution in [0.2, 0.25) is 0 Å². The van der Waals surface area contributed by atoms with Gasteiger partial charge in [-0.2, -0.15) is 0 Å². The van der Waals surface area contributed by atoms with E-state index in [2.05, 4.69) is 10.3 Å². The maximum absolute atomic E-state index is 11.4. The third kappa shape index (κ3) is 3.34. The van der Waals surface area contributed by atoms with Crippen molar-refractivity contribution in [2.24, 2.45) is 0 Å². The first kappa shape index (κ1) is 9.86. The number of hydrogen-bond donors (Lipinski definition) is 1. The highest BCUT2D eigenvalue weighted by molar-refractivity contribution is 5.94.